The van der Waals surface area contributed by atoms with E-state index in [9.17, 15) is 9.90 Å². The molecule has 2 aliphatic heterocycles. The standard InChI is InChI=1S/C18H27N3O3/c1-20-8-3-4-14-12-21(9-7-15(14)20)18(23)19-11-13-5-6-17(24-2)16(22)10-13/h5-6,10,14-15,22H,3-4,7-9,11-12H2,1-2H3,(H,19,23). The van der Waals surface area contributed by atoms with Gasteiger partial charge in [-0.25, -0.2) is 4.79 Å². The van der Waals surface area contributed by atoms with Crippen LogP contribution < -0.4 is 10.1 Å². The largest absolute Gasteiger partial charge is 0.504 e. The summed E-state index contributed by atoms with van der Waals surface area (Å²) in [5.41, 5.74) is 0.855. The number of benzene rings is 1. The van der Waals surface area contributed by atoms with Crippen molar-refractivity contribution >= 4 is 6.03 Å². The molecule has 2 heterocycles. The molecule has 0 spiro atoms. The highest BCUT2D eigenvalue weighted by atomic mass is 16.5. The van der Waals surface area contributed by atoms with Crippen molar-refractivity contribution in [3.63, 3.8) is 0 Å². The number of urea groups is 1. The molecular formula is C18H27N3O3. The number of hydrogen-bond donors (Lipinski definition) is 2. The van der Waals surface area contributed by atoms with Crippen LogP contribution in [0.3, 0.4) is 0 Å². The molecule has 2 aliphatic rings. The first kappa shape index (κ1) is 16.9. The Labute approximate surface area is 143 Å². The van der Waals surface area contributed by atoms with Crippen LogP contribution in [0, 0.1) is 5.92 Å². The highest BCUT2D eigenvalue weighted by molar-refractivity contribution is 5.74. The Bertz CT molecular complexity index is 593. The number of hydrogen-bond acceptors (Lipinski definition) is 4. The number of piperidine rings is 2. The minimum absolute atomic E-state index is 0.0167. The summed E-state index contributed by atoms with van der Waals surface area (Å²) >= 11 is 0. The van der Waals surface area contributed by atoms with Gasteiger partial charge in [0.25, 0.3) is 0 Å². The SMILES string of the molecule is COc1ccc(CNC(=O)N2CCC3C(CCCN3C)C2)cc1O. The molecule has 1 aromatic rings. The maximum Gasteiger partial charge on any atom is 0.317 e. The molecular weight excluding hydrogens is 306 g/mol. The topological polar surface area (TPSA) is 65.0 Å². The maximum atomic E-state index is 12.4. The minimum atomic E-state index is -0.0167. The Morgan fingerprint density at radius 1 is 1.38 bits per heavy atom. The zero-order valence-corrected chi connectivity index (χ0v) is 14.5. The molecule has 132 valence electrons. The van der Waals surface area contributed by atoms with Crippen molar-refractivity contribution in [1.29, 1.82) is 0 Å². The molecule has 2 amide bonds. The summed E-state index contributed by atoms with van der Waals surface area (Å²) in [7, 11) is 3.71. The lowest BCUT2D eigenvalue weighted by atomic mass is 9.84. The molecule has 2 N–H and O–H groups in total. The number of methoxy groups -OCH3 is 1. The third-order valence-electron chi connectivity index (χ3n) is 5.32. The Kier molecular flexibility index (Phi) is 5.14. The smallest absolute Gasteiger partial charge is 0.317 e. The molecule has 0 saturated carbocycles. The molecule has 0 aliphatic carbocycles. The minimum Gasteiger partial charge on any atom is -0.504 e. The molecule has 2 atom stereocenters. The molecule has 24 heavy (non-hydrogen) atoms. The van der Waals surface area contributed by atoms with Crippen molar-refractivity contribution in [3.05, 3.63) is 23.8 Å². The van der Waals surface area contributed by atoms with Crippen molar-refractivity contribution in [2.24, 2.45) is 5.92 Å². The fourth-order valence-electron chi connectivity index (χ4n) is 3.97. The van der Waals surface area contributed by atoms with Crippen LogP contribution in [0.4, 0.5) is 4.79 Å². The second-order valence-electron chi connectivity index (χ2n) is 6.85. The van der Waals surface area contributed by atoms with Gasteiger partial charge in [0.2, 0.25) is 0 Å². The quantitative estimate of drug-likeness (QED) is 0.888. The molecule has 3 rings (SSSR count). The van der Waals surface area contributed by atoms with Gasteiger partial charge in [0.1, 0.15) is 0 Å². The lowest BCUT2D eigenvalue weighted by Gasteiger charge is -2.45. The molecule has 6 nitrogen and oxygen atoms in total. The number of likely N-dealkylation sites (tertiary alicyclic amines) is 2. The first-order valence-electron chi connectivity index (χ1n) is 8.67. The average molecular weight is 333 g/mol. The number of rotatable bonds is 3. The van der Waals surface area contributed by atoms with Crippen molar-refractivity contribution in [2.45, 2.75) is 31.8 Å². The van der Waals surface area contributed by atoms with Gasteiger partial charge in [-0.15, -0.1) is 0 Å². The van der Waals surface area contributed by atoms with Gasteiger partial charge in [0, 0.05) is 25.7 Å². The highest BCUT2D eigenvalue weighted by Crippen LogP contribution is 2.29. The predicted octanol–water partition coefficient (Wildman–Crippen LogP) is 2.03. The number of carbonyl (C=O) groups is 1. The molecule has 0 radical (unpaired) electrons. The number of phenolic OH excluding ortho intramolecular Hbond substituents is 1. The van der Waals surface area contributed by atoms with E-state index in [1.54, 1.807) is 12.1 Å². The number of ether oxygens (including phenoxy) is 1. The van der Waals surface area contributed by atoms with E-state index in [0.29, 0.717) is 24.3 Å². The molecule has 1 aromatic carbocycles. The van der Waals surface area contributed by atoms with Gasteiger partial charge in [-0.1, -0.05) is 6.07 Å². The predicted molar refractivity (Wildman–Crippen MR) is 92.2 cm³/mol. The van der Waals surface area contributed by atoms with Crippen molar-refractivity contribution in [1.82, 2.24) is 15.1 Å². The number of amides is 2. The zero-order chi connectivity index (χ0) is 17.1. The number of carbonyl (C=O) groups excluding carboxylic acids is 1. The molecule has 2 fully saturated rings. The normalized spacial score (nSPS) is 24.3. The van der Waals surface area contributed by atoms with Gasteiger partial charge in [-0.2, -0.15) is 0 Å². The van der Waals surface area contributed by atoms with E-state index in [4.69, 9.17) is 4.74 Å². The lowest BCUT2D eigenvalue weighted by molar-refractivity contribution is 0.0515. The summed E-state index contributed by atoms with van der Waals surface area (Å²) in [5, 5.41) is 12.8. The Morgan fingerprint density at radius 2 is 2.21 bits per heavy atom. The van der Waals surface area contributed by atoms with E-state index in [1.165, 1.54) is 26.5 Å². The first-order valence-corrected chi connectivity index (χ1v) is 8.67. The van der Waals surface area contributed by atoms with E-state index in [-0.39, 0.29) is 11.8 Å². The van der Waals surface area contributed by atoms with Crippen LogP contribution in [-0.2, 0) is 6.54 Å². The monoisotopic (exact) mass is 333 g/mol. The van der Waals surface area contributed by atoms with Crippen LogP contribution in [0.25, 0.3) is 0 Å². The molecule has 2 saturated heterocycles. The summed E-state index contributed by atoms with van der Waals surface area (Å²) < 4.78 is 5.03. The van der Waals surface area contributed by atoms with Crippen LogP contribution >= 0.6 is 0 Å². The van der Waals surface area contributed by atoms with Crippen LogP contribution in [0.2, 0.25) is 0 Å². The third-order valence-corrected chi connectivity index (χ3v) is 5.32. The summed E-state index contributed by atoms with van der Waals surface area (Å²) in [4.78, 5) is 16.8. The average Bonchev–Trinajstić information content (AvgIpc) is 2.59. The van der Waals surface area contributed by atoms with Crippen LogP contribution in [0.1, 0.15) is 24.8 Å². The molecule has 2 unspecified atom stereocenters. The maximum absolute atomic E-state index is 12.4. The number of nitrogens with one attached hydrogen (secondary N) is 1. The number of aromatic hydroxyl groups is 1. The molecule has 0 aromatic heterocycles. The van der Waals surface area contributed by atoms with E-state index in [1.807, 2.05) is 11.0 Å². The second-order valence-corrected chi connectivity index (χ2v) is 6.85. The summed E-state index contributed by atoms with van der Waals surface area (Å²) in [5.74, 6) is 1.12. The summed E-state index contributed by atoms with van der Waals surface area (Å²) in [6, 6.07) is 5.79. The van der Waals surface area contributed by atoms with Gasteiger partial charge >= 0.3 is 6.03 Å². The number of fused-ring (bicyclic) bond motifs is 1. The van der Waals surface area contributed by atoms with Gasteiger partial charge in [-0.05, 0) is 56.5 Å². The van der Waals surface area contributed by atoms with E-state index >= 15 is 0 Å². The fraction of sp³-hybridized carbons (Fsp3) is 0.611. The van der Waals surface area contributed by atoms with Crippen molar-refractivity contribution < 1.29 is 14.6 Å². The van der Waals surface area contributed by atoms with Gasteiger partial charge < -0.3 is 25.0 Å². The second kappa shape index (κ2) is 7.30. The summed E-state index contributed by atoms with van der Waals surface area (Å²) in [6.07, 6.45) is 3.49. The van der Waals surface area contributed by atoms with Gasteiger partial charge in [0.15, 0.2) is 11.5 Å². The van der Waals surface area contributed by atoms with Crippen LogP contribution in [-0.4, -0.2) is 60.8 Å². The third kappa shape index (κ3) is 3.59. The van der Waals surface area contributed by atoms with Crippen LogP contribution in [0.5, 0.6) is 11.5 Å². The zero-order valence-electron chi connectivity index (χ0n) is 14.5. The van der Waals surface area contributed by atoms with E-state index < -0.39 is 0 Å². The van der Waals surface area contributed by atoms with Gasteiger partial charge in [0.05, 0.1) is 7.11 Å². The fourth-order valence-corrected chi connectivity index (χ4v) is 3.97. The summed E-state index contributed by atoms with van der Waals surface area (Å²) in [6.45, 7) is 3.23. The Hall–Kier alpha value is -1.95. The highest BCUT2D eigenvalue weighted by Gasteiger charge is 2.35. The Morgan fingerprint density at radius 3 is 2.96 bits per heavy atom. The van der Waals surface area contributed by atoms with Gasteiger partial charge in [-0.3, -0.25) is 0 Å². The number of nitrogens with zero attached hydrogens (tertiary/aromatic N) is 2. The first-order chi connectivity index (χ1) is 11.6. The molecule has 6 heteroatoms. The van der Waals surface area contributed by atoms with E-state index in [0.717, 1.165) is 25.1 Å². The Balaban J connectivity index is 1.53. The molecule has 0 bridgehead atoms. The van der Waals surface area contributed by atoms with E-state index in [2.05, 4.69) is 17.3 Å². The van der Waals surface area contributed by atoms with Crippen molar-refractivity contribution in [2.75, 3.05) is 33.8 Å². The van der Waals surface area contributed by atoms with Crippen molar-refractivity contribution in [3.8, 4) is 11.5 Å². The lowest BCUT2D eigenvalue weighted by Crippen LogP contribution is -2.55. The van der Waals surface area contributed by atoms with Crippen LogP contribution in [0.15, 0.2) is 18.2 Å². The number of phenols is 1.